The highest BCUT2D eigenvalue weighted by atomic mass is 19.1. The van der Waals surface area contributed by atoms with Crippen molar-refractivity contribution in [3.63, 3.8) is 0 Å². The second kappa shape index (κ2) is 5.24. The maximum Gasteiger partial charge on any atom is 0.267 e. The van der Waals surface area contributed by atoms with Crippen molar-refractivity contribution in [3.05, 3.63) is 47.4 Å². The van der Waals surface area contributed by atoms with Crippen molar-refractivity contribution in [2.45, 2.75) is 0 Å². The van der Waals surface area contributed by atoms with Crippen molar-refractivity contribution in [1.29, 1.82) is 5.26 Å². The number of nitrogens with two attached hydrogens (primary N) is 2. The summed E-state index contributed by atoms with van der Waals surface area (Å²) in [4.78, 5) is 14.9. The molecule has 0 spiro atoms. The molecule has 0 fully saturated rings. The zero-order valence-electron chi connectivity index (χ0n) is 10.1. The second-order valence-corrected chi connectivity index (χ2v) is 3.78. The molecular weight excluding hydrogens is 263 g/mol. The topological polar surface area (TPSA) is 115 Å². The Balaban J connectivity index is 2.45. The number of nitrogen functional groups attached to an aromatic ring is 1. The van der Waals surface area contributed by atoms with Crippen LogP contribution >= 0.6 is 0 Å². The number of hydrogen-bond acceptors (Lipinski definition) is 5. The fourth-order valence-electron chi connectivity index (χ4n) is 1.47. The van der Waals surface area contributed by atoms with Crippen molar-refractivity contribution >= 4 is 11.6 Å². The zero-order valence-corrected chi connectivity index (χ0v) is 10.1. The maximum atomic E-state index is 13.4. The summed E-state index contributed by atoms with van der Waals surface area (Å²) < 4.78 is 18.7. The summed E-state index contributed by atoms with van der Waals surface area (Å²) in [6.45, 7) is 0. The van der Waals surface area contributed by atoms with Gasteiger partial charge in [0.25, 0.3) is 5.91 Å². The van der Waals surface area contributed by atoms with Crippen LogP contribution in [0.1, 0.15) is 16.1 Å². The fraction of sp³-hybridized carbons (Fsp3) is 0. The number of pyridine rings is 1. The van der Waals surface area contributed by atoms with Gasteiger partial charge >= 0.3 is 0 Å². The summed E-state index contributed by atoms with van der Waals surface area (Å²) in [6, 6.07) is 8.29. The van der Waals surface area contributed by atoms with Crippen LogP contribution in [0.5, 0.6) is 11.6 Å². The minimum absolute atomic E-state index is 0.0479. The lowest BCUT2D eigenvalue weighted by molar-refractivity contribution is 0.0995. The third-order valence-corrected chi connectivity index (χ3v) is 2.44. The van der Waals surface area contributed by atoms with Crippen LogP contribution in [0.2, 0.25) is 0 Å². The Morgan fingerprint density at radius 1 is 1.35 bits per heavy atom. The number of rotatable bonds is 3. The summed E-state index contributed by atoms with van der Waals surface area (Å²) in [5, 5.41) is 8.89. The molecule has 0 bridgehead atoms. The molecule has 0 unspecified atom stereocenters. The minimum atomic E-state index is -0.755. The molecule has 1 aromatic carbocycles. The number of carbonyl (C=O) groups excluding carboxylic acids is 1. The Labute approximate surface area is 113 Å². The first kappa shape index (κ1) is 13.3. The van der Waals surface area contributed by atoms with Gasteiger partial charge in [0.2, 0.25) is 5.88 Å². The fourth-order valence-corrected chi connectivity index (χ4v) is 1.47. The number of halogens is 1. The number of benzene rings is 1. The molecule has 0 aliphatic rings. The lowest BCUT2D eigenvalue weighted by Crippen LogP contribution is -2.13. The van der Waals surface area contributed by atoms with Crippen molar-refractivity contribution in [2.24, 2.45) is 5.73 Å². The van der Waals surface area contributed by atoms with E-state index in [9.17, 15) is 9.18 Å². The third-order valence-electron chi connectivity index (χ3n) is 2.44. The van der Waals surface area contributed by atoms with Crippen LogP contribution in [-0.4, -0.2) is 10.9 Å². The van der Waals surface area contributed by atoms with E-state index in [1.165, 1.54) is 24.3 Å². The summed E-state index contributed by atoms with van der Waals surface area (Å²) in [7, 11) is 0. The van der Waals surface area contributed by atoms with Crippen LogP contribution in [0, 0.1) is 17.1 Å². The van der Waals surface area contributed by atoms with Crippen LogP contribution in [0.15, 0.2) is 30.3 Å². The molecule has 0 aliphatic carbocycles. The lowest BCUT2D eigenvalue weighted by Gasteiger charge is -2.09. The molecule has 0 atom stereocenters. The van der Waals surface area contributed by atoms with E-state index in [0.717, 1.165) is 6.07 Å². The average Bonchev–Trinajstić information content (AvgIpc) is 2.41. The van der Waals surface area contributed by atoms with E-state index < -0.39 is 11.7 Å². The first-order chi connectivity index (χ1) is 9.52. The number of ether oxygens (including phenoxy) is 1. The Hall–Kier alpha value is -3.14. The standard InChI is InChI=1S/C13H9FN4O2/c14-8-2-1-3-11(7(8)6-15)20-13-9(16)4-5-10(18-13)12(17)19/h1-5H,16H2,(H2,17,19). The Morgan fingerprint density at radius 3 is 2.75 bits per heavy atom. The van der Waals surface area contributed by atoms with E-state index in [2.05, 4.69) is 4.98 Å². The van der Waals surface area contributed by atoms with Gasteiger partial charge in [-0.25, -0.2) is 9.37 Å². The van der Waals surface area contributed by atoms with Gasteiger partial charge in [-0.05, 0) is 24.3 Å². The summed E-state index contributed by atoms with van der Waals surface area (Å²) in [5.74, 6) is -1.65. The molecule has 1 aromatic heterocycles. The average molecular weight is 272 g/mol. The molecule has 0 saturated heterocycles. The van der Waals surface area contributed by atoms with Gasteiger partial charge in [-0.3, -0.25) is 4.79 Å². The molecule has 1 heterocycles. The van der Waals surface area contributed by atoms with Crippen LogP contribution in [0.25, 0.3) is 0 Å². The first-order valence-electron chi connectivity index (χ1n) is 5.45. The Kier molecular flexibility index (Phi) is 3.48. The number of nitriles is 1. The molecule has 1 amide bonds. The highest BCUT2D eigenvalue weighted by molar-refractivity contribution is 5.91. The molecule has 7 heteroatoms. The van der Waals surface area contributed by atoms with E-state index in [4.69, 9.17) is 21.5 Å². The molecule has 100 valence electrons. The van der Waals surface area contributed by atoms with Crippen molar-refractivity contribution in [3.8, 4) is 17.7 Å². The smallest absolute Gasteiger partial charge is 0.267 e. The van der Waals surface area contributed by atoms with E-state index in [0.29, 0.717) is 0 Å². The Morgan fingerprint density at radius 2 is 2.10 bits per heavy atom. The lowest BCUT2D eigenvalue weighted by atomic mass is 10.2. The molecule has 0 saturated carbocycles. The predicted molar refractivity (Wildman–Crippen MR) is 68.4 cm³/mol. The van der Waals surface area contributed by atoms with Crippen LogP contribution in [0.3, 0.4) is 0 Å². The molecule has 0 radical (unpaired) electrons. The highest BCUT2D eigenvalue weighted by Gasteiger charge is 2.14. The minimum Gasteiger partial charge on any atom is -0.436 e. The summed E-state index contributed by atoms with van der Waals surface area (Å²) >= 11 is 0. The van der Waals surface area contributed by atoms with Gasteiger partial charge in [0.1, 0.15) is 28.9 Å². The normalized spacial score (nSPS) is 9.80. The van der Waals surface area contributed by atoms with E-state index in [1.807, 2.05) is 0 Å². The van der Waals surface area contributed by atoms with Crippen molar-refractivity contribution in [2.75, 3.05) is 5.73 Å². The van der Waals surface area contributed by atoms with E-state index in [-0.39, 0.29) is 28.6 Å². The molecule has 4 N–H and O–H groups in total. The van der Waals surface area contributed by atoms with Gasteiger partial charge in [-0.15, -0.1) is 0 Å². The monoisotopic (exact) mass is 272 g/mol. The molecule has 2 rings (SSSR count). The number of amides is 1. The number of nitrogens with zero attached hydrogens (tertiary/aromatic N) is 2. The summed E-state index contributed by atoms with van der Waals surface area (Å²) in [5.41, 5.74) is 10.5. The van der Waals surface area contributed by atoms with Crippen LogP contribution in [-0.2, 0) is 0 Å². The quantitative estimate of drug-likeness (QED) is 0.879. The van der Waals surface area contributed by atoms with E-state index >= 15 is 0 Å². The maximum absolute atomic E-state index is 13.4. The molecule has 2 aromatic rings. The SMILES string of the molecule is N#Cc1c(F)cccc1Oc1nc(C(N)=O)ccc1N. The van der Waals surface area contributed by atoms with Gasteiger partial charge in [0, 0.05) is 0 Å². The number of hydrogen-bond donors (Lipinski definition) is 2. The zero-order chi connectivity index (χ0) is 14.7. The number of aromatic nitrogens is 1. The second-order valence-electron chi connectivity index (χ2n) is 3.78. The number of anilines is 1. The van der Waals surface area contributed by atoms with Gasteiger partial charge in [0.15, 0.2) is 0 Å². The van der Waals surface area contributed by atoms with Crippen LogP contribution < -0.4 is 16.2 Å². The molecule has 20 heavy (non-hydrogen) atoms. The third kappa shape index (κ3) is 2.49. The van der Waals surface area contributed by atoms with Gasteiger partial charge in [-0.2, -0.15) is 5.26 Å². The number of primary amides is 1. The molecular formula is C13H9FN4O2. The van der Waals surface area contributed by atoms with E-state index in [1.54, 1.807) is 6.07 Å². The molecule has 0 aliphatic heterocycles. The molecule has 6 nitrogen and oxygen atoms in total. The van der Waals surface area contributed by atoms with Gasteiger partial charge in [0.05, 0.1) is 5.69 Å². The van der Waals surface area contributed by atoms with Crippen molar-refractivity contribution < 1.29 is 13.9 Å². The predicted octanol–water partition coefficient (Wildman–Crippen LogP) is 1.57. The van der Waals surface area contributed by atoms with Gasteiger partial charge < -0.3 is 16.2 Å². The van der Waals surface area contributed by atoms with Crippen LogP contribution in [0.4, 0.5) is 10.1 Å². The largest absolute Gasteiger partial charge is 0.436 e. The first-order valence-corrected chi connectivity index (χ1v) is 5.45. The summed E-state index contributed by atoms with van der Waals surface area (Å²) in [6.07, 6.45) is 0. The highest BCUT2D eigenvalue weighted by Crippen LogP contribution is 2.29. The number of carbonyl (C=O) groups is 1. The van der Waals surface area contributed by atoms with Crippen molar-refractivity contribution in [1.82, 2.24) is 4.98 Å². The van der Waals surface area contributed by atoms with Gasteiger partial charge in [-0.1, -0.05) is 6.07 Å². The Bertz CT molecular complexity index is 725.